The SMILES string of the molecule is Cn1cc(C(=O)OCC(=O)N2CCN(c3ncc(C(F)(F)F)cc3Cl)CC2)c2ccccc21. The number of amides is 1. The summed E-state index contributed by atoms with van der Waals surface area (Å²) in [7, 11) is 1.82. The third-order valence-corrected chi connectivity index (χ3v) is 5.80. The second-order valence-corrected chi connectivity index (χ2v) is 8.05. The minimum atomic E-state index is -4.52. The van der Waals surface area contributed by atoms with Gasteiger partial charge in [0.2, 0.25) is 0 Å². The second-order valence-electron chi connectivity index (χ2n) is 7.64. The molecule has 0 atom stereocenters. The van der Waals surface area contributed by atoms with Gasteiger partial charge in [-0.1, -0.05) is 29.8 Å². The van der Waals surface area contributed by atoms with E-state index in [1.165, 1.54) is 4.90 Å². The van der Waals surface area contributed by atoms with Gasteiger partial charge in [-0.15, -0.1) is 0 Å². The predicted octanol–water partition coefficient (Wildman–Crippen LogP) is 3.75. The molecule has 174 valence electrons. The Balaban J connectivity index is 1.33. The van der Waals surface area contributed by atoms with E-state index >= 15 is 0 Å². The maximum Gasteiger partial charge on any atom is 0.417 e. The number of hydrogen-bond donors (Lipinski definition) is 0. The standard InChI is InChI=1S/C22H20ClF3N4O3/c1-28-12-16(15-4-2-3-5-18(15)28)21(32)33-13-19(31)29-6-8-30(9-7-29)20-17(23)10-14(11-27-20)22(24,25)26/h2-5,10-12H,6-9,13H2,1H3. The third-order valence-electron chi connectivity index (χ3n) is 5.52. The fraction of sp³-hybridized carbons (Fsp3) is 0.318. The van der Waals surface area contributed by atoms with E-state index in [2.05, 4.69) is 4.98 Å². The van der Waals surface area contributed by atoms with Crippen molar-refractivity contribution in [2.45, 2.75) is 6.18 Å². The summed E-state index contributed by atoms with van der Waals surface area (Å²) in [5.41, 5.74) is 0.342. The number of carbonyl (C=O) groups excluding carboxylic acids is 2. The van der Waals surface area contributed by atoms with Crippen LogP contribution in [0, 0.1) is 0 Å². The molecule has 0 radical (unpaired) electrons. The van der Waals surface area contributed by atoms with Crippen molar-refractivity contribution in [2.75, 3.05) is 37.7 Å². The van der Waals surface area contributed by atoms with E-state index in [-0.39, 0.29) is 16.7 Å². The van der Waals surface area contributed by atoms with Gasteiger partial charge in [0.05, 0.1) is 16.1 Å². The Kier molecular flexibility index (Phi) is 6.20. The van der Waals surface area contributed by atoms with Crippen LogP contribution in [0.25, 0.3) is 10.9 Å². The molecule has 0 unspecified atom stereocenters. The van der Waals surface area contributed by atoms with Crippen molar-refractivity contribution in [3.8, 4) is 0 Å². The molecule has 0 spiro atoms. The number of anilines is 1. The number of fused-ring (bicyclic) bond motifs is 1. The fourth-order valence-electron chi connectivity index (χ4n) is 3.79. The molecular weight excluding hydrogens is 461 g/mol. The summed E-state index contributed by atoms with van der Waals surface area (Å²) < 4.78 is 45.5. The van der Waals surface area contributed by atoms with E-state index in [1.807, 2.05) is 35.9 Å². The Morgan fingerprint density at radius 1 is 1.15 bits per heavy atom. The Morgan fingerprint density at radius 3 is 2.52 bits per heavy atom. The lowest BCUT2D eigenvalue weighted by molar-refractivity contribution is -0.138. The number of piperazine rings is 1. The Hall–Kier alpha value is -3.27. The zero-order valence-electron chi connectivity index (χ0n) is 17.6. The van der Waals surface area contributed by atoms with Gasteiger partial charge in [-0.2, -0.15) is 13.2 Å². The number of ether oxygens (including phenoxy) is 1. The highest BCUT2D eigenvalue weighted by atomic mass is 35.5. The molecule has 1 saturated heterocycles. The number of hydrogen-bond acceptors (Lipinski definition) is 5. The zero-order chi connectivity index (χ0) is 23.8. The Labute approximate surface area is 192 Å². The van der Waals surface area contributed by atoms with Gasteiger partial charge >= 0.3 is 12.1 Å². The summed E-state index contributed by atoms with van der Waals surface area (Å²) >= 11 is 6.01. The zero-order valence-corrected chi connectivity index (χ0v) is 18.4. The highest BCUT2D eigenvalue weighted by Crippen LogP contribution is 2.33. The first kappa shape index (κ1) is 22.9. The van der Waals surface area contributed by atoms with Crippen LogP contribution in [0.1, 0.15) is 15.9 Å². The average Bonchev–Trinajstić information content (AvgIpc) is 3.13. The fourth-order valence-corrected chi connectivity index (χ4v) is 4.07. The first-order valence-corrected chi connectivity index (χ1v) is 10.5. The average molecular weight is 481 g/mol. The lowest BCUT2D eigenvalue weighted by Crippen LogP contribution is -2.50. The predicted molar refractivity (Wildman–Crippen MR) is 116 cm³/mol. The first-order chi connectivity index (χ1) is 15.6. The van der Waals surface area contributed by atoms with Crippen molar-refractivity contribution in [1.82, 2.24) is 14.5 Å². The molecule has 1 aliphatic rings. The van der Waals surface area contributed by atoms with Crippen molar-refractivity contribution < 1.29 is 27.5 Å². The van der Waals surface area contributed by atoms with Crippen LogP contribution in [0.5, 0.6) is 0 Å². The van der Waals surface area contributed by atoms with Gasteiger partial charge in [0.15, 0.2) is 6.61 Å². The molecule has 1 fully saturated rings. The van der Waals surface area contributed by atoms with Crippen LogP contribution in [-0.4, -0.2) is 59.1 Å². The molecular formula is C22H20ClF3N4O3. The van der Waals surface area contributed by atoms with E-state index in [0.717, 1.165) is 23.2 Å². The molecule has 33 heavy (non-hydrogen) atoms. The van der Waals surface area contributed by atoms with E-state index in [9.17, 15) is 22.8 Å². The van der Waals surface area contributed by atoms with Crippen LogP contribution in [0.3, 0.4) is 0 Å². The highest BCUT2D eigenvalue weighted by Gasteiger charge is 2.32. The maximum atomic E-state index is 12.8. The molecule has 11 heteroatoms. The van der Waals surface area contributed by atoms with Gasteiger partial charge in [0.1, 0.15) is 5.82 Å². The number of halogens is 4. The number of aryl methyl sites for hydroxylation is 1. The monoisotopic (exact) mass is 480 g/mol. The van der Waals surface area contributed by atoms with Crippen LogP contribution >= 0.6 is 11.6 Å². The number of rotatable bonds is 4. The van der Waals surface area contributed by atoms with Crippen molar-refractivity contribution in [3.63, 3.8) is 0 Å². The normalized spacial score (nSPS) is 14.6. The van der Waals surface area contributed by atoms with E-state index in [1.54, 1.807) is 11.1 Å². The summed E-state index contributed by atoms with van der Waals surface area (Å²) in [6, 6.07) is 8.23. The van der Waals surface area contributed by atoms with Gasteiger partial charge in [-0.25, -0.2) is 9.78 Å². The van der Waals surface area contributed by atoms with E-state index in [0.29, 0.717) is 31.7 Å². The summed E-state index contributed by atoms with van der Waals surface area (Å²) in [5.74, 6) is -0.701. The Morgan fingerprint density at radius 2 is 1.85 bits per heavy atom. The molecule has 1 aliphatic heterocycles. The van der Waals surface area contributed by atoms with Crippen LogP contribution < -0.4 is 4.90 Å². The van der Waals surface area contributed by atoms with Gasteiger partial charge in [-0.05, 0) is 12.1 Å². The van der Waals surface area contributed by atoms with Gasteiger partial charge < -0.3 is 19.1 Å². The number of aromatic nitrogens is 2. The van der Waals surface area contributed by atoms with Crippen LogP contribution in [0.4, 0.5) is 19.0 Å². The number of para-hydroxylation sites is 1. The molecule has 2 aromatic heterocycles. The molecule has 4 rings (SSSR count). The van der Waals surface area contributed by atoms with Gasteiger partial charge in [0, 0.05) is 56.5 Å². The second kappa shape index (κ2) is 8.93. The van der Waals surface area contributed by atoms with Gasteiger partial charge in [-0.3, -0.25) is 4.79 Å². The van der Waals surface area contributed by atoms with Crippen molar-refractivity contribution in [3.05, 3.63) is 58.9 Å². The van der Waals surface area contributed by atoms with Gasteiger partial charge in [0.25, 0.3) is 5.91 Å². The lowest BCUT2D eigenvalue weighted by atomic mass is 10.2. The number of pyridine rings is 1. The Bertz CT molecular complexity index is 1200. The lowest BCUT2D eigenvalue weighted by Gasteiger charge is -2.35. The largest absolute Gasteiger partial charge is 0.452 e. The summed E-state index contributed by atoms with van der Waals surface area (Å²) in [6.45, 7) is 0.858. The molecule has 1 aromatic carbocycles. The summed E-state index contributed by atoms with van der Waals surface area (Å²) in [4.78, 5) is 32.1. The third kappa shape index (κ3) is 4.75. The number of nitrogens with zero attached hydrogens (tertiary/aromatic N) is 4. The molecule has 0 N–H and O–H groups in total. The minimum absolute atomic E-state index is 0.103. The molecule has 0 saturated carbocycles. The number of esters is 1. The van der Waals surface area contributed by atoms with Crippen molar-refractivity contribution in [2.24, 2.45) is 7.05 Å². The smallest absolute Gasteiger partial charge is 0.417 e. The first-order valence-electron chi connectivity index (χ1n) is 10.1. The highest BCUT2D eigenvalue weighted by molar-refractivity contribution is 6.33. The quantitative estimate of drug-likeness (QED) is 0.532. The molecule has 1 amide bonds. The summed E-state index contributed by atoms with van der Waals surface area (Å²) in [5, 5.41) is 0.639. The van der Waals surface area contributed by atoms with Crippen molar-refractivity contribution in [1.29, 1.82) is 0 Å². The van der Waals surface area contributed by atoms with E-state index in [4.69, 9.17) is 16.3 Å². The number of carbonyl (C=O) groups is 2. The molecule has 3 aromatic rings. The van der Waals surface area contributed by atoms with Crippen LogP contribution in [-0.2, 0) is 22.8 Å². The minimum Gasteiger partial charge on any atom is -0.452 e. The molecule has 7 nitrogen and oxygen atoms in total. The molecule has 0 aliphatic carbocycles. The number of alkyl halides is 3. The topological polar surface area (TPSA) is 67.7 Å². The summed E-state index contributed by atoms with van der Waals surface area (Å²) in [6.07, 6.45) is -2.12. The van der Waals surface area contributed by atoms with E-state index < -0.39 is 24.3 Å². The molecule has 3 heterocycles. The van der Waals surface area contributed by atoms with Crippen molar-refractivity contribution >= 4 is 40.2 Å². The van der Waals surface area contributed by atoms with Crippen LogP contribution in [0.15, 0.2) is 42.7 Å². The van der Waals surface area contributed by atoms with Crippen LogP contribution in [0.2, 0.25) is 5.02 Å². The molecule has 0 bridgehead atoms. The number of benzene rings is 1. The maximum absolute atomic E-state index is 12.8.